The van der Waals surface area contributed by atoms with Crippen LogP contribution in [0.15, 0.2) is 58.5 Å². The Morgan fingerprint density at radius 3 is 2.37 bits per heavy atom. The second-order valence-electron chi connectivity index (χ2n) is 6.64. The van der Waals surface area contributed by atoms with Crippen molar-refractivity contribution in [2.45, 2.75) is 25.2 Å². The molecule has 1 amide bonds. The zero-order valence-corrected chi connectivity index (χ0v) is 19.5. The summed E-state index contributed by atoms with van der Waals surface area (Å²) in [4.78, 5) is 13.1. The molecule has 0 aliphatic heterocycles. The van der Waals surface area contributed by atoms with E-state index in [0.29, 0.717) is 27.2 Å². The molecule has 3 aromatic rings. The number of carbonyl (C=O) groups is 1. The highest BCUT2D eigenvalue weighted by Gasteiger charge is 2.11. The summed E-state index contributed by atoms with van der Waals surface area (Å²) in [7, 11) is 0. The number of hydrazone groups is 1. The summed E-state index contributed by atoms with van der Waals surface area (Å²) in [5, 5.41) is 5.95. The van der Waals surface area contributed by atoms with Gasteiger partial charge in [-0.25, -0.2) is 5.43 Å². The molecule has 0 saturated heterocycles. The van der Waals surface area contributed by atoms with Gasteiger partial charge in [-0.3, -0.25) is 4.79 Å². The van der Waals surface area contributed by atoms with Crippen molar-refractivity contribution in [3.63, 3.8) is 0 Å². The smallest absolute Gasteiger partial charge is 0.240 e. The molecule has 3 rings (SSSR count). The number of carbonyl (C=O) groups excluding carboxylic acids is 1. The number of hydrogen-bond acceptors (Lipinski definition) is 3. The zero-order chi connectivity index (χ0) is 21.7. The molecule has 8 heteroatoms. The Morgan fingerprint density at radius 1 is 1.03 bits per heavy atom. The van der Waals surface area contributed by atoms with Crippen LogP contribution in [0.4, 0.5) is 0 Å². The number of thioether (sulfide) groups is 1. The molecular formula is C22H20Cl3N3OS. The molecule has 0 unspecified atom stereocenters. The van der Waals surface area contributed by atoms with Crippen LogP contribution in [0.1, 0.15) is 23.4 Å². The fourth-order valence-corrected chi connectivity index (χ4v) is 4.50. The standard InChI is InChI=1S/C22H20Cl3N3OS/c1-14-9-16(15(2)28(14)20-11-18(24)10-19(25)12-20)13-26-27-22(29)7-8-30-21-5-3-17(23)4-6-21/h3-6,9-13H,7-8H2,1-2H3,(H,27,29)/b26-13+. The van der Waals surface area contributed by atoms with Crippen molar-refractivity contribution < 1.29 is 4.79 Å². The lowest BCUT2D eigenvalue weighted by molar-refractivity contribution is -0.120. The Morgan fingerprint density at radius 2 is 1.70 bits per heavy atom. The summed E-state index contributed by atoms with van der Waals surface area (Å²) in [6, 6.07) is 14.9. The highest BCUT2D eigenvalue weighted by molar-refractivity contribution is 7.99. The average molecular weight is 481 g/mol. The first-order chi connectivity index (χ1) is 14.3. The zero-order valence-electron chi connectivity index (χ0n) is 16.5. The van der Waals surface area contributed by atoms with Crippen LogP contribution in [0.5, 0.6) is 0 Å². The molecule has 0 bridgehead atoms. The number of benzene rings is 2. The number of nitrogens with one attached hydrogen (secondary N) is 1. The maximum Gasteiger partial charge on any atom is 0.240 e. The van der Waals surface area contributed by atoms with Crippen molar-refractivity contribution in [3.8, 4) is 5.69 Å². The molecule has 2 aromatic carbocycles. The first-order valence-electron chi connectivity index (χ1n) is 9.19. The van der Waals surface area contributed by atoms with Crippen molar-refractivity contribution >= 4 is 58.7 Å². The number of amides is 1. The van der Waals surface area contributed by atoms with Gasteiger partial charge >= 0.3 is 0 Å². The molecule has 0 aliphatic carbocycles. The van der Waals surface area contributed by atoms with Gasteiger partial charge in [-0.05, 0) is 62.4 Å². The quantitative estimate of drug-likeness (QED) is 0.233. The molecule has 0 fully saturated rings. The van der Waals surface area contributed by atoms with E-state index in [0.717, 1.165) is 27.5 Å². The Bertz CT molecular complexity index is 1060. The first kappa shape index (κ1) is 22.8. The largest absolute Gasteiger partial charge is 0.318 e. The Balaban J connectivity index is 1.58. The van der Waals surface area contributed by atoms with Crippen LogP contribution >= 0.6 is 46.6 Å². The van der Waals surface area contributed by atoms with Crippen LogP contribution in [0.25, 0.3) is 5.69 Å². The van der Waals surface area contributed by atoms with Crippen molar-refractivity contribution in [1.82, 2.24) is 9.99 Å². The predicted molar refractivity (Wildman–Crippen MR) is 128 cm³/mol. The molecule has 1 aromatic heterocycles. The number of rotatable bonds is 7. The lowest BCUT2D eigenvalue weighted by Gasteiger charge is -2.10. The van der Waals surface area contributed by atoms with Crippen molar-refractivity contribution in [2.24, 2.45) is 5.10 Å². The van der Waals surface area contributed by atoms with Gasteiger partial charge in [-0.15, -0.1) is 11.8 Å². The van der Waals surface area contributed by atoms with Gasteiger partial charge in [0.1, 0.15) is 0 Å². The highest BCUT2D eigenvalue weighted by atomic mass is 35.5. The summed E-state index contributed by atoms with van der Waals surface area (Å²) in [6.45, 7) is 3.97. The number of nitrogens with zero attached hydrogens (tertiary/aromatic N) is 2. The Hall–Kier alpha value is -1.92. The van der Waals surface area contributed by atoms with Crippen LogP contribution in [0.3, 0.4) is 0 Å². The molecule has 0 spiro atoms. The molecule has 30 heavy (non-hydrogen) atoms. The van der Waals surface area contributed by atoms with Crippen LogP contribution in [0.2, 0.25) is 15.1 Å². The summed E-state index contributed by atoms with van der Waals surface area (Å²) in [5.74, 6) is 0.524. The van der Waals surface area contributed by atoms with Crippen molar-refractivity contribution in [2.75, 3.05) is 5.75 Å². The van der Waals surface area contributed by atoms with Crippen LogP contribution in [0, 0.1) is 13.8 Å². The van der Waals surface area contributed by atoms with Gasteiger partial charge in [0.25, 0.3) is 0 Å². The summed E-state index contributed by atoms with van der Waals surface area (Å²) < 4.78 is 2.05. The van der Waals surface area contributed by atoms with E-state index in [9.17, 15) is 4.79 Å². The molecule has 0 aliphatic rings. The van der Waals surface area contributed by atoms with E-state index in [4.69, 9.17) is 34.8 Å². The van der Waals surface area contributed by atoms with Gasteiger partial charge in [0, 0.05) is 54.8 Å². The molecular weight excluding hydrogens is 461 g/mol. The normalized spacial score (nSPS) is 11.2. The lowest BCUT2D eigenvalue weighted by atomic mass is 10.2. The van der Waals surface area contributed by atoms with E-state index >= 15 is 0 Å². The molecule has 4 nitrogen and oxygen atoms in total. The van der Waals surface area contributed by atoms with Crippen molar-refractivity contribution in [3.05, 3.63) is 80.6 Å². The summed E-state index contributed by atoms with van der Waals surface area (Å²) in [5.41, 5.74) is 6.35. The molecule has 0 radical (unpaired) electrons. The molecule has 156 valence electrons. The minimum atomic E-state index is -0.136. The van der Waals surface area contributed by atoms with Gasteiger partial charge in [0.05, 0.1) is 6.21 Å². The van der Waals surface area contributed by atoms with Gasteiger partial charge in [0.15, 0.2) is 0 Å². The maximum absolute atomic E-state index is 12.0. The molecule has 0 atom stereocenters. The Kier molecular flexibility index (Phi) is 7.89. The van der Waals surface area contributed by atoms with Crippen LogP contribution in [-0.2, 0) is 4.79 Å². The van der Waals surface area contributed by atoms with Crippen molar-refractivity contribution in [1.29, 1.82) is 0 Å². The average Bonchev–Trinajstić information content (AvgIpc) is 2.96. The van der Waals surface area contributed by atoms with E-state index in [1.165, 1.54) is 0 Å². The van der Waals surface area contributed by atoms with E-state index in [-0.39, 0.29) is 5.91 Å². The second-order valence-corrected chi connectivity index (χ2v) is 9.11. The van der Waals surface area contributed by atoms with E-state index in [2.05, 4.69) is 10.5 Å². The first-order valence-corrected chi connectivity index (χ1v) is 11.3. The third-order valence-corrected chi connectivity index (χ3v) is 6.08. The fraction of sp³-hybridized carbons (Fsp3) is 0.182. The van der Waals surface area contributed by atoms with Gasteiger partial charge in [0.2, 0.25) is 5.91 Å². The van der Waals surface area contributed by atoms with Gasteiger partial charge < -0.3 is 4.57 Å². The number of aromatic nitrogens is 1. The van der Waals surface area contributed by atoms with Gasteiger partial charge in [-0.1, -0.05) is 34.8 Å². The minimum absolute atomic E-state index is 0.136. The predicted octanol–water partition coefficient (Wildman–Crippen LogP) is 6.69. The molecule has 0 saturated carbocycles. The fourth-order valence-electron chi connectivity index (χ4n) is 3.01. The van der Waals surface area contributed by atoms with E-state index in [1.54, 1.807) is 24.0 Å². The highest BCUT2D eigenvalue weighted by Crippen LogP contribution is 2.26. The summed E-state index contributed by atoms with van der Waals surface area (Å²) in [6.07, 6.45) is 2.01. The number of hydrogen-bond donors (Lipinski definition) is 1. The summed E-state index contributed by atoms with van der Waals surface area (Å²) >= 11 is 19.7. The monoisotopic (exact) mass is 479 g/mol. The number of aryl methyl sites for hydroxylation is 1. The van der Waals surface area contributed by atoms with E-state index < -0.39 is 0 Å². The van der Waals surface area contributed by atoms with Gasteiger partial charge in [-0.2, -0.15) is 5.10 Å². The molecule has 1 heterocycles. The Labute approximate surface area is 195 Å². The van der Waals surface area contributed by atoms with Crippen LogP contribution in [-0.4, -0.2) is 22.4 Å². The second kappa shape index (κ2) is 10.4. The minimum Gasteiger partial charge on any atom is -0.318 e. The van der Waals surface area contributed by atoms with E-state index in [1.807, 2.05) is 60.9 Å². The van der Waals surface area contributed by atoms with Crippen LogP contribution < -0.4 is 5.43 Å². The third-order valence-electron chi connectivity index (χ3n) is 4.38. The number of halogens is 3. The third kappa shape index (κ3) is 6.05. The maximum atomic E-state index is 12.0. The topological polar surface area (TPSA) is 46.4 Å². The molecule has 1 N–H and O–H groups in total. The lowest BCUT2D eigenvalue weighted by Crippen LogP contribution is -2.17. The SMILES string of the molecule is Cc1cc(/C=N/NC(=O)CCSc2ccc(Cl)cc2)c(C)n1-c1cc(Cl)cc(Cl)c1.